The van der Waals surface area contributed by atoms with Gasteiger partial charge in [0.2, 0.25) is 0 Å². The summed E-state index contributed by atoms with van der Waals surface area (Å²) in [6, 6.07) is 29.1. The van der Waals surface area contributed by atoms with Crippen molar-refractivity contribution in [2.75, 3.05) is 4.90 Å². The van der Waals surface area contributed by atoms with Gasteiger partial charge in [0.15, 0.2) is 0 Å². The molecule has 0 heterocycles. The maximum absolute atomic E-state index is 4.36. The van der Waals surface area contributed by atoms with Crippen LogP contribution in [0.1, 0.15) is 11.1 Å². The van der Waals surface area contributed by atoms with Gasteiger partial charge in [-0.15, -0.1) is 0 Å². The molecule has 0 aliphatic rings. The highest BCUT2D eigenvalue weighted by Crippen LogP contribution is 2.34. The molecular formula is C21H19N. The van der Waals surface area contributed by atoms with Gasteiger partial charge >= 0.3 is 0 Å². The van der Waals surface area contributed by atoms with Crippen LogP contribution < -0.4 is 4.90 Å². The third kappa shape index (κ3) is 2.79. The molecule has 1 nitrogen and oxygen atoms in total. The summed E-state index contributed by atoms with van der Waals surface area (Å²) >= 11 is 0. The lowest BCUT2D eigenvalue weighted by molar-refractivity contribution is 1.28. The van der Waals surface area contributed by atoms with Gasteiger partial charge < -0.3 is 4.90 Å². The monoisotopic (exact) mass is 285 g/mol. The Morgan fingerprint density at radius 3 is 1.64 bits per heavy atom. The standard InChI is InChI=1S/C21H19N/c1-17-11-9-10-16-21(17)18(2)22(19-12-5-3-6-13-19)20-14-7-4-8-15-20/h3-16H,2H2,1H3. The zero-order valence-corrected chi connectivity index (χ0v) is 12.7. The molecule has 22 heavy (non-hydrogen) atoms. The Hall–Kier alpha value is -2.80. The van der Waals surface area contributed by atoms with Crippen LogP contribution in [-0.4, -0.2) is 0 Å². The normalized spacial score (nSPS) is 10.2. The van der Waals surface area contributed by atoms with E-state index in [1.54, 1.807) is 0 Å². The first-order chi connectivity index (χ1) is 10.8. The van der Waals surface area contributed by atoms with Gasteiger partial charge in [-0.25, -0.2) is 0 Å². The number of nitrogens with zero attached hydrogens (tertiary/aromatic N) is 1. The van der Waals surface area contributed by atoms with Crippen molar-refractivity contribution in [3.8, 4) is 0 Å². The molecule has 0 aliphatic heterocycles. The number of aryl methyl sites for hydroxylation is 1. The lowest BCUT2D eigenvalue weighted by atomic mass is 10.0. The number of hydrogen-bond acceptors (Lipinski definition) is 1. The van der Waals surface area contributed by atoms with Crippen molar-refractivity contribution in [3.63, 3.8) is 0 Å². The number of anilines is 2. The van der Waals surface area contributed by atoms with Crippen LogP contribution in [0, 0.1) is 6.92 Å². The maximum Gasteiger partial charge on any atom is 0.0464 e. The minimum atomic E-state index is 0.982. The van der Waals surface area contributed by atoms with E-state index >= 15 is 0 Å². The summed E-state index contributed by atoms with van der Waals surface area (Å²) in [6.45, 7) is 6.48. The molecule has 0 amide bonds. The summed E-state index contributed by atoms with van der Waals surface area (Å²) < 4.78 is 0. The number of para-hydroxylation sites is 2. The molecule has 0 N–H and O–H groups in total. The molecule has 0 radical (unpaired) electrons. The van der Waals surface area contributed by atoms with Crippen LogP contribution in [0.3, 0.4) is 0 Å². The van der Waals surface area contributed by atoms with E-state index < -0.39 is 0 Å². The molecule has 3 aromatic rings. The van der Waals surface area contributed by atoms with E-state index in [1.165, 1.54) is 5.56 Å². The fourth-order valence-corrected chi connectivity index (χ4v) is 2.63. The Kier molecular flexibility index (Phi) is 4.06. The molecule has 0 saturated heterocycles. The van der Waals surface area contributed by atoms with Crippen molar-refractivity contribution >= 4 is 17.1 Å². The van der Waals surface area contributed by atoms with Gasteiger partial charge in [0.1, 0.15) is 0 Å². The third-order valence-corrected chi connectivity index (χ3v) is 3.75. The molecule has 3 aromatic carbocycles. The van der Waals surface area contributed by atoms with Crippen LogP contribution in [0.25, 0.3) is 5.70 Å². The smallest absolute Gasteiger partial charge is 0.0464 e. The Morgan fingerprint density at radius 1 is 0.682 bits per heavy atom. The average molecular weight is 285 g/mol. The van der Waals surface area contributed by atoms with Gasteiger partial charge in [-0.1, -0.05) is 67.2 Å². The minimum Gasteiger partial charge on any atom is -0.310 e. The predicted octanol–water partition coefficient (Wildman–Crippen LogP) is 5.80. The van der Waals surface area contributed by atoms with Gasteiger partial charge in [-0.2, -0.15) is 0 Å². The second-order valence-electron chi connectivity index (χ2n) is 5.27. The molecule has 0 fully saturated rings. The van der Waals surface area contributed by atoms with E-state index in [9.17, 15) is 0 Å². The molecule has 0 aromatic heterocycles. The van der Waals surface area contributed by atoms with E-state index in [0.717, 1.165) is 22.6 Å². The first-order valence-corrected chi connectivity index (χ1v) is 7.42. The van der Waals surface area contributed by atoms with Crippen molar-refractivity contribution < 1.29 is 0 Å². The number of hydrogen-bond donors (Lipinski definition) is 0. The van der Waals surface area contributed by atoms with Crippen LogP contribution in [0.4, 0.5) is 11.4 Å². The zero-order chi connectivity index (χ0) is 15.4. The molecule has 108 valence electrons. The Balaban J connectivity index is 2.11. The zero-order valence-electron chi connectivity index (χ0n) is 12.7. The fraction of sp³-hybridized carbons (Fsp3) is 0.0476. The Labute approximate surface area is 132 Å². The first kappa shape index (κ1) is 14.2. The van der Waals surface area contributed by atoms with Crippen LogP contribution in [0.15, 0.2) is 91.5 Å². The molecule has 1 heteroatoms. The van der Waals surface area contributed by atoms with E-state index in [4.69, 9.17) is 0 Å². The van der Waals surface area contributed by atoms with Gasteiger partial charge in [0.25, 0.3) is 0 Å². The lowest BCUT2D eigenvalue weighted by Crippen LogP contribution is -2.15. The summed E-state index contributed by atoms with van der Waals surface area (Å²) in [4.78, 5) is 2.20. The molecule has 3 rings (SSSR count). The molecule has 0 aliphatic carbocycles. The topological polar surface area (TPSA) is 3.24 Å². The van der Waals surface area contributed by atoms with Gasteiger partial charge in [0, 0.05) is 22.6 Å². The van der Waals surface area contributed by atoms with Crippen LogP contribution >= 0.6 is 0 Å². The van der Waals surface area contributed by atoms with Crippen LogP contribution in [0.2, 0.25) is 0 Å². The van der Waals surface area contributed by atoms with E-state index in [-0.39, 0.29) is 0 Å². The second kappa shape index (κ2) is 6.31. The predicted molar refractivity (Wildman–Crippen MR) is 95.2 cm³/mol. The van der Waals surface area contributed by atoms with E-state index in [2.05, 4.69) is 91.2 Å². The van der Waals surface area contributed by atoms with Crippen molar-refractivity contribution in [1.82, 2.24) is 0 Å². The van der Waals surface area contributed by atoms with E-state index in [1.807, 2.05) is 12.1 Å². The minimum absolute atomic E-state index is 0.982. The van der Waals surface area contributed by atoms with Gasteiger partial charge in [-0.05, 0) is 36.8 Å². The van der Waals surface area contributed by atoms with Crippen molar-refractivity contribution in [1.29, 1.82) is 0 Å². The third-order valence-electron chi connectivity index (χ3n) is 3.75. The summed E-state index contributed by atoms with van der Waals surface area (Å²) in [5, 5.41) is 0. The van der Waals surface area contributed by atoms with Crippen molar-refractivity contribution in [2.24, 2.45) is 0 Å². The van der Waals surface area contributed by atoms with Crippen molar-refractivity contribution in [2.45, 2.75) is 6.92 Å². The SMILES string of the molecule is C=C(c1ccccc1C)N(c1ccccc1)c1ccccc1. The Morgan fingerprint density at radius 2 is 1.14 bits per heavy atom. The highest BCUT2D eigenvalue weighted by Gasteiger charge is 2.15. The summed E-state index contributed by atoms with van der Waals surface area (Å²) in [7, 11) is 0. The Bertz CT molecular complexity index is 721. The largest absolute Gasteiger partial charge is 0.310 e. The first-order valence-electron chi connectivity index (χ1n) is 7.42. The van der Waals surface area contributed by atoms with Crippen molar-refractivity contribution in [3.05, 3.63) is 103 Å². The van der Waals surface area contributed by atoms with E-state index in [0.29, 0.717) is 0 Å². The molecular weight excluding hydrogens is 266 g/mol. The molecule has 0 spiro atoms. The molecule has 0 saturated carbocycles. The van der Waals surface area contributed by atoms with Gasteiger partial charge in [0.05, 0.1) is 0 Å². The highest BCUT2D eigenvalue weighted by atomic mass is 15.1. The summed E-state index contributed by atoms with van der Waals surface area (Å²) in [5.74, 6) is 0. The highest BCUT2D eigenvalue weighted by molar-refractivity contribution is 5.87. The number of rotatable bonds is 4. The quantitative estimate of drug-likeness (QED) is 0.585. The second-order valence-corrected chi connectivity index (χ2v) is 5.27. The summed E-state index contributed by atoms with van der Waals surface area (Å²) in [5.41, 5.74) is 5.60. The maximum atomic E-state index is 4.36. The lowest BCUT2D eigenvalue weighted by Gasteiger charge is -2.28. The molecule has 0 atom stereocenters. The molecule has 0 unspecified atom stereocenters. The number of benzene rings is 3. The van der Waals surface area contributed by atoms with Gasteiger partial charge in [-0.3, -0.25) is 0 Å². The molecule has 0 bridgehead atoms. The van der Waals surface area contributed by atoms with Crippen LogP contribution in [0.5, 0.6) is 0 Å². The van der Waals surface area contributed by atoms with Crippen LogP contribution in [-0.2, 0) is 0 Å². The summed E-state index contributed by atoms with van der Waals surface area (Å²) in [6.07, 6.45) is 0. The average Bonchev–Trinajstić information content (AvgIpc) is 2.57. The fourth-order valence-electron chi connectivity index (χ4n) is 2.63.